The second kappa shape index (κ2) is 8.67. The molecule has 0 aliphatic rings. The summed E-state index contributed by atoms with van der Waals surface area (Å²) >= 11 is 4.69. The molecule has 3 aromatic rings. The van der Waals surface area contributed by atoms with Gasteiger partial charge in [0.25, 0.3) is 0 Å². The van der Waals surface area contributed by atoms with Crippen molar-refractivity contribution >= 4 is 40.3 Å². The molecule has 0 aliphatic heterocycles. The zero-order valence-corrected chi connectivity index (χ0v) is 16.0. The average Bonchev–Trinajstić information content (AvgIpc) is 3.34. The Labute approximate surface area is 159 Å². The first-order chi connectivity index (χ1) is 12.2. The van der Waals surface area contributed by atoms with Gasteiger partial charge >= 0.3 is 0 Å². The topological polar surface area (TPSA) is 49.3 Å². The maximum absolute atomic E-state index is 12.2. The summed E-state index contributed by atoms with van der Waals surface area (Å²) < 4.78 is 0. The zero-order valence-electron chi connectivity index (χ0n) is 13.6. The number of thioether (sulfide) groups is 1. The van der Waals surface area contributed by atoms with Crippen LogP contribution in [0.4, 0.5) is 0 Å². The van der Waals surface area contributed by atoms with Gasteiger partial charge in [-0.2, -0.15) is 11.3 Å². The summed E-state index contributed by atoms with van der Waals surface area (Å²) in [4.78, 5) is 14.2. The molecule has 0 fully saturated rings. The van der Waals surface area contributed by atoms with E-state index in [2.05, 4.69) is 5.32 Å². The van der Waals surface area contributed by atoms with Crippen molar-refractivity contribution in [2.24, 2.45) is 0 Å². The monoisotopic (exact) mass is 389 g/mol. The van der Waals surface area contributed by atoms with Crippen LogP contribution in [-0.2, 0) is 10.4 Å². The van der Waals surface area contributed by atoms with Crippen LogP contribution in [0.1, 0.15) is 16.9 Å². The van der Waals surface area contributed by atoms with Gasteiger partial charge in [-0.15, -0.1) is 23.1 Å². The first-order valence-electron chi connectivity index (χ1n) is 7.92. The van der Waals surface area contributed by atoms with E-state index in [1.165, 1.54) is 22.7 Å². The van der Waals surface area contributed by atoms with Crippen LogP contribution in [0.5, 0.6) is 0 Å². The van der Waals surface area contributed by atoms with E-state index in [1.807, 2.05) is 64.7 Å². The molecule has 3 rings (SSSR count). The highest BCUT2D eigenvalue weighted by atomic mass is 32.2. The molecule has 1 atom stereocenters. The van der Waals surface area contributed by atoms with Crippen molar-refractivity contribution in [2.75, 3.05) is 12.3 Å². The molecule has 0 spiro atoms. The highest BCUT2D eigenvalue weighted by molar-refractivity contribution is 7.99. The lowest BCUT2D eigenvalue weighted by molar-refractivity contribution is -0.121. The highest BCUT2D eigenvalue weighted by Gasteiger charge is 2.33. The molecule has 130 valence electrons. The summed E-state index contributed by atoms with van der Waals surface area (Å²) in [5, 5.41) is 19.9. The Balaban J connectivity index is 1.55. The Hall–Kier alpha value is -1.60. The van der Waals surface area contributed by atoms with E-state index in [0.29, 0.717) is 12.2 Å². The van der Waals surface area contributed by atoms with Gasteiger partial charge in [-0.3, -0.25) is 4.79 Å². The summed E-state index contributed by atoms with van der Waals surface area (Å²) in [7, 11) is 0. The molecule has 0 unspecified atom stereocenters. The van der Waals surface area contributed by atoms with Crippen molar-refractivity contribution < 1.29 is 9.90 Å². The zero-order chi connectivity index (χ0) is 17.5. The Morgan fingerprint density at radius 1 is 1.12 bits per heavy atom. The van der Waals surface area contributed by atoms with Gasteiger partial charge in [-0.25, -0.2) is 0 Å². The normalized spacial score (nSPS) is 13.3. The number of carbonyl (C=O) groups is 1. The van der Waals surface area contributed by atoms with Crippen LogP contribution in [0, 0.1) is 0 Å². The van der Waals surface area contributed by atoms with Crippen LogP contribution in [-0.4, -0.2) is 23.3 Å². The minimum absolute atomic E-state index is 0.0476. The standard InChI is InChI=1S/C19H19NO2S3/c21-18(9-12-24-16-5-2-1-3-6-16)20-14-19(22,15-8-11-23-13-15)17-7-4-10-25-17/h1-8,10-11,13,22H,9,12,14H2,(H,20,21)/t19-/m1/s1. The SMILES string of the molecule is O=C(CCSc1ccccc1)NC[C@@](O)(c1ccsc1)c1cccs1. The summed E-state index contributed by atoms with van der Waals surface area (Å²) in [5.74, 6) is 0.666. The van der Waals surface area contributed by atoms with Gasteiger partial charge in [0.05, 0.1) is 6.54 Å². The van der Waals surface area contributed by atoms with Crippen molar-refractivity contribution in [3.05, 3.63) is 75.1 Å². The van der Waals surface area contributed by atoms with E-state index in [9.17, 15) is 9.90 Å². The fourth-order valence-electron chi connectivity index (χ4n) is 2.44. The summed E-state index contributed by atoms with van der Waals surface area (Å²) in [6.07, 6.45) is 0.420. The van der Waals surface area contributed by atoms with Crippen molar-refractivity contribution in [3.63, 3.8) is 0 Å². The van der Waals surface area contributed by atoms with Crippen molar-refractivity contribution in [2.45, 2.75) is 16.9 Å². The Morgan fingerprint density at radius 3 is 2.64 bits per heavy atom. The van der Waals surface area contributed by atoms with Crippen molar-refractivity contribution in [1.29, 1.82) is 0 Å². The summed E-state index contributed by atoms with van der Waals surface area (Å²) in [6, 6.07) is 15.8. The summed E-state index contributed by atoms with van der Waals surface area (Å²) in [6.45, 7) is 0.180. The number of hydrogen-bond donors (Lipinski definition) is 2. The lowest BCUT2D eigenvalue weighted by Crippen LogP contribution is -2.41. The largest absolute Gasteiger partial charge is 0.378 e. The van der Waals surface area contributed by atoms with Gasteiger partial charge in [0.1, 0.15) is 5.60 Å². The molecule has 0 bridgehead atoms. The molecular formula is C19H19NO2S3. The molecule has 1 amide bonds. The molecule has 0 saturated carbocycles. The van der Waals surface area contributed by atoms with Crippen LogP contribution in [0.25, 0.3) is 0 Å². The maximum Gasteiger partial charge on any atom is 0.220 e. The number of thiophene rings is 2. The fourth-order valence-corrected chi connectivity index (χ4v) is 4.88. The molecule has 6 heteroatoms. The van der Waals surface area contributed by atoms with Gasteiger partial charge in [0, 0.05) is 27.5 Å². The van der Waals surface area contributed by atoms with Crippen LogP contribution < -0.4 is 5.32 Å². The second-order valence-corrected chi connectivity index (χ2v) is 8.43. The number of hydrogen-bond acceptors (Lipinski definition) is 5. The van der Waals surface area contributed by atoms with E-state index in [0.717, 1.165) is 15.3 Å². The average molecular weight is 390 g/mol. The van der Waals surface area contributed by atoms with Crippen LogP contribution in [0.15, 0.2) is 69.6 Å². The molecular weight excluding hydrogens is 370 g/mol. The Morgan fingerprint density at radius 2 is 1.96 bits per heavy atom. The van der Waals surface area contributed by atoms with E-state index in [4.69, 9.17) is 0 Å². The van der Waals surface area contributed by atoms with Crippen molar-refractivity contribution in [1.82, 2.24) is 5.32 Å². The molecule has 3 nitrogen and oxygen atoms in total. The van der Waals surface area contributed by atoms with Gasteiger partial charge in [0.2, 0.25) is 5.91 Å². The smallest absolute Gasteiger partial charge is 0.220 e. The first kappa shape index (κ1) is 18.2. The molecule has 0 saturated heterocycles. The molecule has 1 aromatic carbocycles. The quantitative estimate of drug-likeness (QED) is 0.563. The summed E-state index contributed by atoms with van der Waals surface area (Å²) in [5.41, 5.74) is -0.352. The van der Waals surface area contributed by atoms with Crippen molar-refractivity contribution in [3.8, 4) is 0 Å². The molecule has 2 heterocycles. The lowest BCUT2D eigenvalue weighted by Gasteiger charge is -2.27. The van der Waals surface area contributed by atoms with Crippen LogP contribution >= 0.6 is 34.4 Å². The van der Waals surface area contributed by atoms with Crippen LogP contribution in [0.2, 0.25) is 0 Å². The number of nitrogens with one attached hydrogen (secondary N) is 1. The van der Waals surface area contributed by atoms with Gasteiger partial charge in [0.15, 0.2) is 0 Å². The van der Waals surface area contributed by atoms with E-state index < -0.39 is 5.60 Å². The number of benzene rings is 1. The number of aliphatic hydroxyl groups is 1. The molecule has 2 N–H and O–H groups in total. The fraction of sp³-hybridized carbons (Fsp3) is 0.211. The van der Waals surface area contributed by atoms with Gasteiger partial charge < -0.3 is 10.4 Å². The first-order valence-corrected chi connectivity index (χ1v) is 10.7. The second-order valence-electron chi connectivity index (χ2n) is 5.54. The third-order valence-electron chi connectivity index (χ3n) is 3.81. The Kier molecular flexibility index (Phi) is 6.31. The number of amides is 1. The minimum Gasteiger partial charge on any atom is -0.378 e. The number of carbonyl (C=O) groups excluding carboxylic acids is 1. The Bertz CT molecular complexity index is 736. The molecule has 25 heavy (non-hydrogen) atoms. The van der Waals surface area contributed by atoms with Gasteiger partial charge in [-0.05, 0) is 40.4 Å². The van der Waals surface area contributed by atoms with E-state index in [1.54, 1.807) is 11.8 Å². The third-order valence-corrected chi connectivity index (χ3v) is 6.53. The molecule has 0 aliphatic carbocycles. The van der Waals surface area contributed by atoms with Crippen LogP contribution in [0.3, 0.4) is 0 Å². The predicted octanol–water partition coefficient (Wildman–Crippen LogP) is 4.34. The van der Waals surface area contributed by atoms with Gasteiger partial charge in [-0.1, -0.05) is 24.3 Å². The van der Waals surface area contributed by atoms with E-state index >= 15 is 0 Å². The molecule has 0 radical (unpaired) electrons. The predicted molar refractivity (Wildman–Crippen MR) is 106 cm³/mol. The van der Waals surface area contributed by atoms with E-state index in [-0.39, 0.29) is 12.5 Å². The third kappa shape index (κ3) is 4.73. The lowest BCUT2D eigenvalue weighted by atomic mass is 9.94. The highest BCUT2D eigenvalue weighted by Crippen LogP contribution is 2.33. The number of rotatable bonds is 8. The molecule has 2 aromatic heterocycles. The minimum atomic E-state index is -1.17. The maximum atomic E-state index is 12.2.